The van der Waals surface area contributed by atoms with Gasteiger partial charge in [-0.25, -0.2) is 8.42 Å². The van der Waals surface area contributed by atoms with Crippen LogP contribution in [-0.2, 0) is 21.7 Å². The largest absolute Gasteiger partial charge is 0.396 e. The van der Waals surface area contributed by atoms with E-state index in [9.17, 15) is 8.42 Å². The fourth-order valence-electron chi connectivity index (χ4n) is 1.91. The number of aryl methyl sites for hydroxylation is 1. The Bertz CT molecular complexity index is 505. The molecule has 0 saturated carbocycles. The molecule has 1 aromatic rings. The van der Waals surface area contributed by atoms with E-state index in [0.717, 1.165) is 4.88 Å². The number of sulfone groups is 1. The van der Waals surface area contributed by atoms with E-state index in [0.29, 0.717) is 12.8 Å². The molecule has 0 aromatic carbocycles. The minimum absolute atomic E-state index is 0.0527. The lowest BCUT2D eigenvalue weighted by Gasteiger charge is -2.15. The van der Waals surface area contributed by atoms with Gasteiger partial charge in [0.25, 0.3) is 0 Å². The van der Waals surface area contributed by atoms with Crippen LogP contribution in [0.3, 0.4) is 0 Å². The standard InChI is InChI=1S/C15H26O3S2/c1-5-12(10-16)11-20(17,18)9-8-13-6-7-14(19-13)15(2,3)4/h6-7,12,16H,5,8-11H2,1-4H3/t12-/m0/s1. The molecule has 0 aliphatic rings. The SMILES string of the molecule is CC[C@@H](CO)CS(=O)(=O)CCc1ccc(C(C)(C)C)s1. The first-order chi connectivity index (χ1) is 9.18. The molecule has 0 bridgehead atoms. The lowest BCUT2D eigenvalue weighted by atomic mass is 9.95. The van der Waals surface area contributed by atoms with E-state index in [-0.39, 0.29) is 29.4 Å². The molecular weight excluding hydrogens is 292 g/mol. The van der Waals surface area contributed by atoms with E-state index in [1.165, 1.54) is 4.88 Å². The lowest BCUT2D eigenvalue weighted by Crippen LogP contribution is -2.21. The van der Waals surface area contributed by atoms with Gasteiger partial charge in [-0.05, 0) is 29.9 Å². The third-order valence-corrected chi connectivity index (χ3v) is 6.76. The molecule has 0 fully saturated rings. The Morgan fingerprint density at radius 2 is 1.95 bits per heavy atom. The van der Waals surface area contributed by atoms with Gasteiger partial charge in [0, 0.05) is 16.4 Å². The Kier molecular flexibility index (Phi) is 6.23. The first-order valence-electron chi connectivity index (χ1n) is 7.08. The average Bonchev–Trinajstić information content (AvgIpc) is 2.82. The molecule has 20 heavy (non-hydrogen) atoms. The molecular formula is C15H26O3S2. The third kappa shape index (κ3) is 5.54. The second-order valence-electron chi connectivity index (χ2n) is 6.34. The van der Waals surface area contributed by atoms with Crippen LogP contribution < -0.4 is 0 Å². The maximum absolute atomic E-state index is 12.0. The Balaban J connectivity index is 2.60. The molecule has 0 spiro atoms. The van der Waals surface area contributed by atoms with Crippen LogP contribution in [0.2, 0.25) is 0 Å². The normalized spacial score (nSPS) is 14.4. The molecule has 1 heterocycles. The van der Waals surface area contributed by atoms with Crippen molar-refractivity contribution in [3.05, 3.63) is 21.9 Å². The number of hydrogen-bond donors (Lipinski definition) is 1. The van der Waals surface area contributed by atoms with E-state index in [4.69, 9.17) is 5.11 Å². The Morgan fingerprint density at radius 3 is 2.40 bits per heavy atom. The summed E-state index contributed by atoms with van der Waals surface area (Å²) in [6.45, 7) is 8.33. The average molecular weight is 319 g/mol. The molecule has 1 rings (SSSR count). The van der Waals surface area contributed by atoms with Gasteiger partial charge in [0.2, 0.25) is 0 Å². The highest BCUT2D eigenvalue weighted by Gasteiger charge is 2.19. The second-order valence-corrected chi connectivity index (χ2v) is 9.73. The molecule has 5 heteroatoms. The van der Waals surface area contributed by atoms with Crippen LogP contribution in [0.1, 0.15) is 43.9 Å². The van der Waals surface area contributed by atoms with Gasteiger partial charge in [-0.1, -0.05) is 34.1 Å². The van der Waals surface area contributed by atoms with E-state index in [1.54, 1.807) is 11.3 Å². The zero-order chi connectivity index (χ0) is 15.4. The van der Waals surface area contributed by atoms with Crippen molar-refractivity contribution in [2.75, 3.05) is 18.1 Å². The van der Waals surface area contributed by atoms with Gasteiger partial charge >= 0.3 is 0 Å². The van der Waals surface area contributed by atoms with Crippen molar-refractivity contribution in [2.24, 2.45) is 5.92 Å². The van der Waals surface area contributed by atoms with Gasteiger partial charge in [-0.3, -0.25) is 0 Å². The highest BCUT2D eigenvalue weighted by Crippen LogP contribution is 2.29. The van der Waals surface area contributed by atoms with Gasteiger partial charge in [0.1, 0.15) is 0 Å². The molecule has 1 atom stereocenters. The van der Waals surface area contributed by atoms with E-state index in [2.05, 4.69) is 26.8 Å². The predicted octanol–water partition coefficient (Wildman–Crippen LogP) is 3.02. The van der Waals surface area contributed by atoms with Gasteiger partial charge in [0.05, 0.1) is 11.5 Å². The second kappa shape index (κ2) is 7.05. The van der Waals surface area contributed by atoms with Gasteiger partial charge in [-0.15, -0.1) is 11.3 Å². The molecule has 0 aliphatic carbocycles. The highest BCUT2D eigenvalue weighted by atomic mass is 32.2. The number of hydrogen-bond acceptors (Lipinski definition) is 4. The van der Waals surface area contributed by atoms with E-state index in [1.807, 2.05) is 13.0 Å². The summed E-state index contributed by atoms with van der Waals surface area (Å²) < 4.78 is 24.1. The number of thiophene rings is 1. The van der Waals surface area contributed by atoms with Crippen molar-refractivity contribution in [3.8, 4) is 0 Å². The van der Waals surface area contributed by atoms with Crippen molar-refractivity contribution in [1.29, 1.82) is 0 Å². The van der Waals surface area contributed by atoms with Crippen molar-refractivity contribution < 1.29 is 13.5 Å². The summed E-state index contributed by atoms with van der Waals surface area (Å²) in [5.41, 5.74) is 0.117. The molecule has 0 radical (unpaired) electrons. The summed E-state index contributed by atoms with van der Waals surface area (Å²) in [6, 6.07) is 4.12. The van der Waals surface area contributed by atoms with Crippen LogP contribution in [0.25, 0.3) is 0 Å². The van der Waals surface area contributed by atoms with Crippen LogP contribution in [0, 0.1) is 5.92 Å². The highest BCUT2D eigenvalue weighted by molar-refractivity contribution is 7.91. The molecule has 0 unspecified atom stereocenters. The van der Waals surface area contributed by atoms with Crippen LogP contribution in [0.4, 0.5) is 0 Å². The summed E-state index contributed by atoms with van der Waals surface area (Å²) in [7, 11) is -3.08. The van der Waals surface area contributed by atoms with Gasteiger partial charge in [-0.2, -0.15) is 0 Å². The summed E-state index contributed by atoms with van der Waals surface area (Å²) >= 11 is 1.70. The fraction of sp³-hybridized carbons (Fsp3) is 0.733. The molecule has 0 aliphatic heterocycles. The predicted molar refractivity (Wildman–Crippen MR) is 86.2 cm³/mol. The topological polar surface area (TPSA) is 54.4 Å². The Hall–Kier alpha value is -0.390. The molecule has 1 N–H and O–H groups in total. The molecule has 0 saturated heterocycles. The van der Waals surface area contributed by atoms with E-state index < -0.39 is 9.84 Å². The number of aliphatic hydroxyl groups is 1. The van der Waals surface area contributed by atoms with Crippen molar-refractivity contribution >= 4 is 21.2 Å². The zero-order valence-corrected chi connectivity index (χ0v) is 14.5. The Morgan fingerprint density at radius 1 is 1.30 bits per heavy atom. The van der Waals surface area contributed by atoms with Crippen LogP contribution in [0.5, 0.6) is 0 Å². The monoisotopic (exact) mass is 318 g/mol. The fourth-order valence-corrected chi connectivity index (χ4v) is 4.86. The maximum atomic E-state index is 12.0. The van der Waals surface area contributed by atoms with Gasteiger partial charge < -0.3 is 5.11 Å². The van der Waals surface area contributed by atoms with Crippen LogP contribution in [0.15, 0.2) is 12.1 Å². The molecule has 0 amide bonds. The first-order valence-corrected chi connectivity index (χ1v) is 9.72. The van der Waals surface area contributed by atoms with Crippen molar-refractivity contribution in [2.45, 2.75) is 46.0 Å². The smallest absolute Gasteiger partial charge is 0.151 e. The maximum Gasteiger partial charge on any atom is 0.151 e. The zero-order valence-electron chi connectivity index (χ0n) is 12.8. The first kappa shape index (κ1) is 17.7. The van der Waals surface area contributed by atoms with Crippen molar-refractivity contribution in [3.63, 3.8) is 0 Å². The van der Waals surface area contributed by atoms with Crippen LogP contribution in [-0.4, -0.2) is 31.6 Å². The molecule has 1 aromatic heterocycles. The third-order valence-electron chi connectivity index (χ3n) is 3.39. The Labute approximate surface area is 127 Å². The summed E-state index contributed by atoms with van der Waals surface area (Å²) in [5, 5.41) is 9.11. The van der Waals surface area contributed by atoms with Crippen LogP contribution >= 0.6 is 11.3 Å². The minimum Gasteiger partial charge on any atom is -0.396 e. The summed E-state index contributed by atoms with van der Waals surface area (Å²) in [4.78, 5) is 2.40. The number of aliphatic hydroxyl groups excluding tert-OH is 1. The van der Waals surface area contributed by atoms with Gasteiger partial charge in [0.15, 0.2) is 9.84 Å². The quantitative estimate of drug-likeness (QED) is 0.841. The van der Waals surface area contributed by atoms with E-state index >= 15 is 0 Å². The summed E-state index contributed by atoms with van der Waals surface area (Å²) in [5.74, 6) is 0.138. The molecule has 116 valence electrons. The molecule has 3 nitrogen and oxygen atoms in total. The minimum atomic E-state index is -3.08. The lowest BCUT2D eigenvalue weighted by molar-refractivity contribution is 0.235. The summed E-state index contributed by atoms with van der Waals surface area (Å²) in [6.07, 6.45) is 1.27. The number of rotatable bonds is 7. The van der Waals surface area contributed by atoms with Crippen molar-refractivity contribution in [1.82, 2.24) is 0 Å².